The second-order valence-corrected chi connectivity index (χ2v) is 7.79. The molecule has 1 N–H and O–H groups in total. The fraction of sp³-hybridized carbons (Fsp3) is 0.320. The van der Waals surface area contributed by atoms with Gasteiger partial charge >= 0.3 is 0 Å². The van der Waals surface area contributed by atoms with E-state index in [1.165, 1.54) is 0 Å². The Bertz CT molecular complexity index is 1030. The lowest BCUT2D eigenvalue weighted by Gasteiger charge is -2.31. The third-order valence-electron chi connectivity index (χ3n) is 5.83. The van der Waals surface area contributed by atoms with Crippen molar-refractivity contribution in [1.82, 2.24) is 15.3 Å². The minimum atomic E-state index is -0.0218. The first-order chi connectivity index (χ1) is 15.7. The van der Waals surface area contributed by atoms with E-state index in [1.807, 2.05) is 60.9 Å². The molecule has 1 saturated heterocycles. The van der Waals surface area contributed by atoms with Gasteiger partial charge in [0.2, 0.25) is 11.9 Å². The van der Waals surface area contributed by atoms with Crippen molar-refractivity contribution in [2.75, 3.05) is 32.2 Å². The molecule has 3 aromatic rings. The van der Waals surface area contributed by atoms with Crippen LogP contribution in [0.5, 0.6) is 11.5 Å². The van der Waals surface area contributed by atoms with E-state index < -0.39 is 0 Å². The van der Waals surface area contributed by atoms with E-state index in [2.05, 4.69) is 20.2 Å². The highest BCUT2D eigenvalue weighted by molar-refractivity contribution is 5.79. The molecule has 166 valence electrons. The normalized spacial score (nSPS) is 14.1. The number of piperidine rings is 1. The smallest absolute Gasteiger partial charge is 0.225 e. The molecule has 1 aliphatic heterocycles. The molecule has 7 nitrogen and oxygen atoms in total. The number of amides is 1. The van der Waals surface area contributed by atoms with Gasteiger partial charge in [0.05, 0.1) is 14.2 Å². The molecule has 0 radical (unpaired) electrons. The molecule has 1 amide bonds. The van der Waals surface area contributed by atoms with Crippen LogP contribution < -0.4 is 19.7 Å². The first kappa shape index (κ1) is 21.6. The number of benzene rings is 2. The number of aromatic nitrogens is 2. The number of ether oxygens (including phenoxy) is 2. The van der Waals surface area contributed by atoms with Gasteiger partial charge in [0.15, 0.2) is 0 Å². The highest BCUT2D eigenvalue weighted by Gasteiger charge is 2.26. The molecule has 0 unspecified atom stereocenters. The third-order valence-corrected chi connectivity index (χ3v) is 5.83. The molecule has 0 spiro atoms. The average Bonchev–Trinajstić information content (AvgIpc) is 2.87. The minimum Gasteiger partial charge on any atom is -0.497 e. The predicted octanol–water partition coefficient (Wildman–Crippen LogP) is 3.69. The van der Waals surface area contributed by atoms with E-state index in [0.29, 0.717) is 12.5 Å². The Morgan fingerprint density at radius 1 is 1.00 bits per heavy atom. The molecule has 2 heterocycles. The lowest BCUT2D eigenvalue weighted by Crippen LogP contribution is -2.41. The standard InChI is InChI=1S/C25H28N4O3/c1-31-22-8-9-23(32-2)20(14-22)15-26-24(30)19-10-12-29(13-11-19)25-27-16-21(17-28-25)18-6-4-3-5-7-18/h3-9,14,16-17,19H,10-13,15H2,1-2H3,(H,26,30). The van der Waals surface area contributed by atoms with Crippen molar-refractivity contribution in [2.24, 2.45) is 5.92 Å². The molecule has 1 aromatic heterocycles. The lowest BCUT2D eigenvalue weighted by molar-refractivity contribution is -0.125. The van der Waals surface area contributed by atoms with Gasteiger partial charge in [-0.25, -0.2) is 9.97 Å². The number of anilines is 1. The molecule has 1 aliphatic rings. The quantitative estimate of drug-likeness (QED) is 0.614. The van der Waals surface area contributed by atoms with Crippen molar-refractivity contribution in [3.63, 3.8) is 0 Å². The SMILES string of the molecule is COc1ccc(OC)c(CNC(=O)C2CCN(c3ncc(-c4ccccc4)cn3)CC2)c1. The van der Waals surface area contributed by atoms with Gasteiger partial charge < -0.3 is 19.7 Å². The fourth-order valence-corrected chi connectivity index (χ4v) is 3.95. The molecule has 7 heteroatoms. The molecule has 1 fully saturated rings. The number of hydrogen-bond acceptors (Lipinski definition) is 6. The Balaban J connectivity index is 1.30. The van der Waals surface area contributed by atoms with Crippen molar-refractivity contribution >= 4 is 11.9 Å². The van der Waals surface area contributed by atoms with Crippen molar-refractivity contribution < 1.29 is 14.3 Å². The molecule has 0 bridgehead atoms. The zero-order chi connectivity index (χ0) is 22.3. The molecule has 0 saturated carbocycles. The first-order valence-corrected chi connectivity index (χ1v) is 10.8. The van der Waals surface area contributed by atoms with Crippen LogP contribution in [-0.2, 0) is 11.3 Å². The van der Waals surface area contributed by atoms with E-state index >= 15 is 0 Å². The van der Waals surface area contributed by atoms with E-state index in [4.69, 9.17) is 9.47 Å². The summed E-state index contributed by atoms with van der Waals surface area (Å²) in [5, 5.41) is 3.05. The van der Waals surface area contributed by atoms with Gasteiger partial charge in [0.1, 0.15) is 11.5 Å². The summed E-state index contributed by atoms with van der Waals surface area (Å²) in [6.07, 6.45) is 5.26. The van der Waals surface area contributed by atoms with Crippen LogP contribution in [0.15, 0.2) is 60.9 Å². The molecule has 0 aliphatic carbocycles. The van der Waals surface area contributed by atoms with Crippen LogP contribution in [0.4, 0.5) is 5.95 Å². The van der Waals surface area contributed by atoms with Crippen LogP contribution >= 0.6 is 0 Å². The maximum Gasteiger partial charge on any atom is 0.225 e. The number of nitrogens with zero attached hydrogens (tertiary/aromatic N) is 3. The van der Waals surface area contributed by atoms with Crippen molar-refractivity contribution in [2.45, 2.75) is 19.4 Å². The molecule has 0 atom stereocenters. The Morgan fingerprint density at radius 2 is 1.72 bits per heavy atom. The zero-order valence-electron chi connectivity index (χ0n) is 18.5. The minimum absolute atomic E-state index is 0.0218. The van der Waals surface area contributed by atoms with Crippen molar-refractivity contribution in [3.8, 4) is 22.6 Å². The summed E-state index contributed by atoms with van der Waals surface area (Å²) in [4.78, 5) is 24.0. The van der Waals surface area contributed by atoms with Gasteiger partial charge in [0.25, 0.3) is 0 Å². The van der Waals surface area contributed by atoms with E-state index in [1.54, 1.807) is 14.2 Å². The van der Waals surface area contributed by atoms with Crippen LogP contribution in [0.3, 0.4) is 0 Å². The van der Waals surface area contributed by atoms with Crippen LogP contribution in [0.2, 0.25) is 0 Å². The molecule has 32 heavy (non-hydrogen) atoms. The maximum absolute atomic E-state index is 12.7. The van der Waals surface area contributed by atoms with Crippen LogP contribution in [0.25, 0.3) is 11.1 Å². The van der Waals surface area contributed by atoms with Crippen LogP contribution in [0.1, 0.15) is 18.4 Å². The van der Waals surface area contributed by atoms with Gasteiger partial charge in [-0.15, -0.1) is 0 Å². The summed E-state index contributed by atoms with van der Waals surface area (Å²) in [6, 6.07) is 15.7. The summed E-state index contributed by atoms with van der Waals surface area (Å²) in [5.74, 6) is 2.23. The summed E-state index contributed by atoms with van der Waals surface area (Å²) in [7, 11) is 3.24. The fourth-order valence-electron chi connectivity index (χ4n) is 3.95. The number of hydrogen-bond donors (Lipinski definition) is 1. The zero-order valence-corrected chi connectivity index (χ0v) is 18.5. The molecular formula is C25H28N4O3. The van der Waals surface area contributed by atoms with Gasteiger partial charge in [-0.05, 0) is 36.6 Å². The summed E-state index contributed by atoms with van der Waals surface area (Å²) in [6.45, 7) is 1.92. The van der Waals surface area contributed by atoms with Crippen molar-refractivity contribution in [3.05, 3.63) is 66.5 Å². The third kappa shape index (κ3) is 4.99. The van der Waals surface area contributed by atoms with Gasteiger partial charge in [-0.1, -0.05) is 30.3 Å². The molecule has 4 rings (SSSR count). The second kappa shape index (κ2) is 10.1. The van der Waals surface area contributed by atoms with Crippen LogP contribution in [0, 0.1) is 5.92 Å². The van der Waals surface area contributed by atoms with E-state index in [-0.39, 0.29) is 11.8 Å². The lowest BCUT2D eigenvalue weighted by atomic mass is 9.96. The molecule has 2 aromatic carbocycles. The highest BCUT2D eigenvalue weighted by Crippen LogP contribution is 2.25. The number of methoxy groups -OCH3 is 2. The summed E-state index contributed by atoms with van der Waals surface area (Å²) in [5.41, 5.74) is 2.99. The number of rotatable bonds is 7. The Hall–Kier alpha value is -3.61. The average molecular weight is 433 g/mol. The first-order valence-electron chi connectivity index (χ1n) is 10.8. The maximum atomic E-state index is 12.7. The van der Waals surface area contributed by atoms with E-state index in [9.17, 15) is 4.79 Å². The predicted molar refractivity (Wildman–Crippen MR) is 124 cm³/mol. The number of nitrogens with one attached hydrogen (secondary N) is 1. The summed E-state index contributed by atoms with van der Waals surface area (Å²) < 4.78 is 10.7. The Labute approximate surface area is 188 Å². The monoisotopic (exact) mass is 432 g/mol. The largest absolute Gasteiger partial charge is 0.497 e. The van der Waals surface area contributed by atoms with Gasteiger partial charge in [0, 0.05) is 49.1 Å². The van der Waals surface area contributed by atoms with Gasteiger partial charge in [-0.2, -0.15) is 0 Å². The summed E-state index contributed by atoms with van der Waals surface area (Å²) >= 11 is 0. The van der Waals surface area contributed by atoms with Crippen molar-refractivity contribution in [1.29, 1.82) is 0 Å². The Morgan fingerprint density at radius 3 is 2.38 bits per heavy atom. The topological polar surface area (TPSA) is 76.6 Å². The number of carbonyl (C=O) groups is 1. The number of carbonyl (C=O) groups excluding carboxylic acids is 1. The van der Waals surface area contributed by atoms with Crippen LogP contribution in [-0.4, -0.2) is 43.2 Å². The molecular weight excluding hydrogens is 404 g/mol. The second-order valence-electron chi connectivity index (χ2n) is 7.79. The van der Waals surface area contributed by atoms with Gasteiger partial charge in [-0.3, -0.25) is 4.79 Å². The highest BCUT2D eigenvalue weighted by atomic mass is 16.5. The van der Waals surface area contributed by atoms with E-state index in [0.717, 1.165) is 54.1 Å². The Kier molecular flexibility index (Phi) is 6.84.